The summed E-state index contributed by atoms with van der Waals surface area (Å²) in [4.78, 5) is 28.6. The number of rotatable bonds is 3. The molecule has 0 aromatic rings. The third-order valence-corrected chi connectivity index (χ3v) is 0.447. The predicted octanol–water partition coefficient (Wildman–Crippen LogP) is -0.594. The largest absolute Gasteiger partial charge is 0.475 e. The van der Waals surface area contributed by atoms with Crippen molar-refractivity contribution in [1.82, 2.24) is 0 Å². The van der Waals surface area contributed by atoms with Gasteiger partial charge in [-0.25, -0.2) is 4.79 Å². The van der Waals surface area contributed by atoms with Gasteiger partial charge >= 0.3 is 5.97 Å². The molecule has 0 heterocycles. The monoisotopic (exact) mass is 117 g/mol. The zero-order valence-electron chi connectivity index (χ0n) is 3.83. The predicted molar refractivity (Wildman–Crippen MR) is 23.3 cm³/mol. The molecular weight excluding hydrogens is 114 g/mol. The molecule has 0 saturated heterocycles. The number of aliphatic carboxylic acids is 1. The van der Waals surface area contributed by atoms with Gasteiger partial charge in [0.25, 0.3) is 5.78 Å². The Bertz CT molecular complexity index is 129. The van der Waals surface area contributed by atoms with Crippen LogP contribution in [0.1, 0.15) is 0 Å². The normalized spacial score (nSPS) is 8.00. The van der Waals surface area contributed by atoms with Crippen LogP contribution in [0.3, 0.4) is 0 Å². The minimum atomic E-state index is -1.62. The number of hydrogen-bond acceptors (Lipinski definition) is 4. The lowest BCUT2D eigenvalue weighted by atomic mass is 10.4. The maximum Gasteiger partial charge on any atom is 0.374 e. The highest BCUT2D eigenvalue weighted by atomic mass is 16.4. The minimum absolute atomic E-state index is 0.782. The van der Waals surface area contributed by atoms with Crippen molar-refractivity contribution in [3.05, 3.63) is 4.91 Å². The first-order valence-corrected chi connectivity index (χ1v) is 1.73. The molecule has 5 nitrogen and oxygen atoms in total. The second-order valence-corrected chi connectivity index (χ2v) is 1.02. The van der Waals surface area contributed by atoms with E-state index in [0.717, 1.165) is 0 Å². The number of carboxylic acid groups (broad SMARTS) is 1. The number of Topliss-reactive ketones (excluding diaryl/α,β-unsaturated/α-hetero) is 1. The van der Waals surface area contributed by atoms with E-state index in [2.05, 4.69) is 5.18 Å². The lowest BCUT2D eigenvalue weighted by Crippen LogP contribution is -2.14. The summed E-state index contributed by atoms with van der Waals surface area (Å²) in [6.45, 7) is -0.782. The van der Waals surface area contributed by atoms with E-state index >= 15 is 0 Å². The van der Waals surface area contributed by atoms with Gasteiger partial charge in [-0.05, 0) is 0 Å². The van der Waals surface area contributed by atoms with Crippen molar-refractivity contribution in [3.8, 4) is 0 Å². The highest BCUT2D eigenvalue weighted by molar-refractivity contribution is 6.33. The smallest absolute Gasteiger partial charge is 0.374 e. The molecule has 44 valence electrons. The van der Waals surface area contributed by atoms with Gasteiger partial charge in [-0.2, -0.15) is 4.91 Å². The number of carboxylic acids is 1. The summed E-state index contributed by atoms with van der Waals surface area (Å²) >= 11 is 0. The first kappa shape index (κ1) is 6.74. The molecule has 0 rings (SSSR count). The molecule has 5 heteroatoms. The molecule has 0 unspecified atom stereocenters. The molecule has 0 aromatic carbocycles. The number of carbonyl (C=O) groups is 2. The van der Waals surface area contributed by atoms with Gasteiger partial charge < -0.3 is 5.11 Å². The fraction of sp³-hybridized carbons (Fsp3) is 0.333. The van der Waals surface area contributed by atoms with Gasteiger partial charge in [-0.1, -0.05) is 5.18 Å². The van der Waals surface area contributed by atoms with Crippen molar-refractivity contribution in [1.29, 1.82) is 0 Å². The Morgan fingerprint density at radius 2 is 2.00 bits per heavy atom. The van der Waals surface area contributed by atoms with Crippen LogP contribution < -0.4 is 0 Å². The molecule has 0 fully saturated rings. The second-order valence-electron chi connectivity index (χ2n) is 1.02. The van der Waals surface area contributed by atoms with Gasteiger partial charge in [-0.15, -0.1) is 0 Å². The summed E-state index contributed by atoms with van der Waals surface area (Å²) in [6, 6.07) is 0. The Balaban J connectivity index is 3.65. The van der Waals surface area contributed by atoms with Crippen LogP contribution in [0, 0.1) is 4.91 Å². The van der Waals surface area contributed by atoms with E-state index < -0.39 is 18.3 Å². The van der Waals surface area contributed by atoms with Crippen molar-refractivity contribution in [2.45, 2.75) is 0 Å². The molecule has 8 heavy (non-hydrogen) atoms. The molecule has 0 atom stereocenters. The Labute approximate surface area is 44.3 Å². The second kappa shape index (κ2) is 2.84. The van der Waals surface area contributed by atoms with Gasteiger partial charge in [-0.3, -0.25) is 4.79 Å². The van der Waals surface area contributed by atoms with Crippen molar-refractivity contribution >= 4 is 11.8 Å². The van der Waals surface area contributed by atoms with Crippen molar-refractivity contribution in [2.24, 2.45) is 5.18 Å². The summed E-state index contributed by atoms with van der Waals surface area (Å²) in [5.74, 6) is -2.80. The van der Waals surface area contributed by atoms with Crippen molar-refractivity contribution < 1.29 is 14.7 Å². The third-order valence-electron chi connectivity index (χ3n) is 0.447. The summed E-state index contributed by atoms with van der Waals surface area (Å²) < 4.78 is 0. The minimum Gasteiger partial charge on any atom is -0.475 e. The lowest BCUT2D eigenvalue weighted by molar-refractivity contribution is -0.148. The lowest BCUT2D eigenvalue weighted by Gasteiger charge is -1.79. The van der Waals surface area contributed by atoms with E-state index in [1.54, 1.807) is 0 Å². The number of nitroso groups, excluding NO2 is 1. The Morgan fingerprint density at radius 1 is 1.50 bits per heavy atom. The van der Waals surface area contributed by atoms with Gasteiger partial charge in [0.1, 0.15) is 0 Å². The first-order chi connectivity index (χ1) is 3.68. The molecule has 0 bridgehead atoms. The quantitative estimate of drug-likeness (QED) is 0.395. The maximum absolute atomic E-state index is 9.85. The zero-order chi connectivity index (χ0) is 6.57. The highest BCUT2D eigenvalue weighted by Crippen LogP contribution is 1.72. The topological polar surface area (TPSA) is 83.8 Å². The molecular formula is C3H3NO4. The van der Waals surface area contributed by atoms with Crippen LogP contribution in [0.5, 0.6) is 0 Å². The van der Waals surface area contributed by atoms with Crippen LogP contribution in [0.2, 0.25) is 0 Å². The summed E-state index contributed by atoms with van der Waals surface area (Å²) in [5, 5.41) is 9.84. The van der Waals surface area contributed by atoms with E-state index in [-0.39, 0.29) is 0 Å². The fourth-order valence-corrected chi connectivity index (χ4v) is 0.126. The molecule has 0 aliphatic heterocycles. The van der Waals surface area contributed by atoms with Crippen molar-refractivity contribution in [2.75, 3.05) is 6.54 Å². The SMILES string of the molecule is O=NCC(=O)C(=O)O. The van der Waals surface area contributed by atoms with Crippen molar-refractivity contribution in [3.63, 3.8) is 0 Å². The first-order valence-electron chi connectivity index (χ1n) is 1.73. The van der Waals surface area contributed by atoms with Gasteiger partial charge in [0.05, 0.1) is 0 Å². The van der Waals surface area contributed by atoms with Crippen LogP contribution in [0.4, 0.5) is 0 Å². The van der Waals surface area contributed by atoms with Crippen LogP contribution in [-0.2, 0) is 9.59 Å². The van der Waals surface area contributed by atoms with E-state index in [1.165, 1.54) is 0 Å². The Kier molecular flexibility index (Phi) is 2.39. The molecule has 0 radical (unpaired) electrons. The maximum atomic E-state index is 9.85. The van der Waals surface area contributed by atoms with E-state index in [0.29, 0.717) is 0 Å². The average molecular weight is 117 g/mol. The van der Waals surface area contributed by atoms with Gasteiger partial charge in [0.15, 0.2) is 6.54 Å². The standard InChI is InChI=1S/C3H3NO4/c5-2(1-4-8)3(6)7/h1H2,(H,6,7). The van der Waals surface area contributed by atoms with Crippen LogP contribution >= 0.6 is 0 Å². The Morgan fingerprint density at radius 3 is 2.12 bits per heavy atom. The van der Waals surface area contributed by atoms with Gasteiger partial charge in [0.2, 0.25) is 0 Å². The molecule has 0 spiro atoms. The summed E-state index contributed by atoms with van der Waals surface area (Å²) in [7, 11) is 0. The number of carbonyl (C=O) groups excluding carboxylic acids is 1. The fourth-order valence-electron chi connectivity index (χ4n) is 0.126. The molecule has 0 amide bonds. The van der Waals surface area contributed by atoms with E-state index in [9.17, 15) is 14.5 Å². The third kappa shape index (κ3) is 2.01. The molecule has 0 aliphatic rings. The highest BCUT2D eigenvalue weighted by Gasteiger charge is 2.09. The van der Waals surface area contributed by atoms with Gasteiger partial charge in [0, 0.05) is 0 Å². The molecule has 0 aromatic heterocycles. The number of ketones is 1. The van der Waals surface area contributed by atoms with Crippen LogP contribution in [0.25, 0.3) is 0 Å². The zero-order valence-corrected chi connectivity index (χ0v) is 3.83. The summed E-state index contributed by atoms with van der Waals surface area (Å²) in [5.41, 5.74) is 0. The number of hydrogen-bond donors (Lipinski definition) is 1. The molecule has 1 N–H and O–H groups in total. The molecule has 0 saturated carbocycles. The average Bonchev–Trinajstić information content (AvgIpc) is 1.67. The van der Waals surface area contributed by atoms with E-state index in [4.69, 9.17) is 5.11 Å². The summed E-state index contributed by atoms with van der Waals surface area (Å²) in [6.07, 6.45) is 0. The van der Waals surface area contributed by atoms with Crippen LogP contribution in [0.15, 0.2) is 5.18 Å². The Hall–Kier alpha value is -1.26. The number of nitrogens with zero attached hydrogens (tertiary/aromatic N) is 1. The van der Waals surface area contributed by atoms with E-state index in [1.807, 2.05) is 0 Å². The van der Waals surface area contributed by atoms with Crippen LogP contribution in [-0.4, -0.2) is 23.4 Å². The molecule has 0 aliphatic carbocycles.